The first-order chi connectivity index (χ1) is 20.2. The number of likely N-dealkylation sites (tertiary alicyclic amines) is 1. The number of aryl methyl sites for hydroxylation is 1. The predicted molar refractivity (Wildman–Crippen MR) is 159 cm³/mol. The van der Waals surface area contributed by atoms with Crippen LogP contribution in [0.3, 0.4) is 0 Å². The average molecular weight is 595 g/mol. The average Bonchev–Trinajstić information content (AvgIpc) is 3.52. The first kappa shape index (κ1) is 31.2. The van der Waals surface area contributed by atoms with E-state index in [1.807, 2.05) is 6.07 Å². The van der Waals surface area contributed by atoms with Crippen LogP contribution in [0.2, 0.25) is 0 Å². The van der Waals surface area contributed by atoms with Crippen LogP contribution in [0, 0.1) is 23.2 Å². The molecule has 2 aliphatic rings. The normalized spacial score (nSPS) is 16.0. The van der Waals surface area contributed by atoms with Crippen molar-refractivity contribution in [2.24, 2.45) is 11.8 Å². The van der Waals surface area contributed by atoms with Crippen molar-refractivity contribution in [3.8, 4) is 11.8 Å². The molecule has 0 unspecified atom stereocenters. The zero-order valence-electron chi connectivity index (χ0n) is 24.1. The highest BCUT2D eigenvalue weighted by Crippen LogP contribution is 2.35. The fraction of sp³-hybridized carbons (Fsp3) is 0.484. The molecule has 224 valence electrons. The molecule has 2 N–H and O–H groups in total. The van der Waals surface area contributed by atoms with Gasteiger partial charge in [0.2, 0.25) is 0 Å². The first-order valence-corrected chi connectivity index (χ1v) is 15.1. The number of piperidine rings is 1. The molecule has 0 amide bonds. The largest absolute Gasteiger partial charge is 0.493 e. The minimum absolute atomic E-state index is 0.558. The van der Waals surface area contributed by atoms with Crippen LogP contribution in [0.15, 0.2) is 40.3 Å². The third-order valence-electron chi connectivity index (χ3n) is 7.46. The Morgan fingerprint density at radius 1 is 1.17 bits per heavy atom. The Bertz CT molecular complexity index is 1410. The van der Waals surface area contributed by atoms with Gasteiger partial charge < -0.3 is 24.4 Å². The number of aliphatic carboxylic acids is 2. The maximum Gasteiger partial charge on any atom is 0.328 e. The minimum atomic E-state index is -1.26. The van der Waals surface area contributed by atoms with Gasteiger partial charge in [-0.3, -0.25) is 4.90 Å². The molecule has 0 atom stereocenters. The zero-order valence-corrected chi connectivity index (χ0v) is 24.9. The second kappa shape index (κ2) is 15.0. The lowest BCUT2D eigenvalue weighted by molar-refractivity contribution is -0.134. The third-order valence-corrected chi connectivity index (χ3v) is 8.34. The van der Waals surface area contributed by atoms with E-state index in [4.69, 9.17) is 24.7 Å². The van der Waals surface area contributed by atoms with Gasteiger partial charge in [0.25, 0.3) is 0 Å². The fourth-order valence-corrected chi connectivity index (χ4v) is 5.75. The van der Waals surface area contributed by atoms with Crippen molar-refractivity contribution < 1.29 is 29.1 Å². The van der Waals surface area contributed by atoms with Crippen molar-refractivity contribution >= 4 is 34.2 Å². The summed E-state index contributed by atoms with van der Waals surface area (Å²) in [6, 6.07) is 8.52. The van der Waals surface area contributed by atoms with E-state index in [0.717, 1.165) is 90.3 Å². The van der Waals surface area contributed by atoms with E-state index in [2.05, 4.69) is 52.6 Å². The molecule has 42 heavy (non-hydrogen) atoms. The predicted octanol–water partition coefficient (Wildman–Crippen LogP) is 5.17. The summed E-state index contributed by atoms with van der Waals surface area (Å²) in [4.78, 5) is 24.6. The molecule has 2 fully saturated rings. The van der Waals surface area contributed by atoms with Crippen LogP contribution < -0.4 is 4.74 Å². The van der Waals surface area contributed by atoms with Gasteiger partial charge in [-0.25, -0.2) is 9.59 Å². The molecule has 5 rings (SSSR count). The number of fused-ring (bicyclic) bond motifs is 1. The Kier molecular flexibility index (Phi) is 11.1. The molecule has 1 aliphatic carbocycles. The SMILES string of the molecule is CN(C)Cc1c(OCC2CC2)ccc2c(CCC3CCN(Cc4csc(C#N)c4)CC3)noc12.O=C(O)C=CC(=O)O. The van der Waals surface area contributed by atoms with Crippen LogP contribution in [0.4, 0.5) is 0 Å². The maximum atomic E-state index is 9.55. The van der Waals surface area contributed by atoms with Gasteiger partial charge in [0.1, 0.15) is 16.7 Å². The summed E-state index contributed by atoms with van der Waals surface area (Å²) in [6.07, 6.45) is 8.23. The summed E-state index contributed by atoms with van der Waals surface area (Å²) in [5.41, 5.74) is 4.35. The topological polar surface area (TPSA) is 140 Å². The summed E-state index contributed by atoms with van der Waals surface area (Å²) in [7, 11) is 4.15. The fourth-order valence-electron chi connectivity index (χ4n) is 5.06. The second-order valence-electron chi connectivity index (χ2n) is 11.2. The highest BCUT2D eigenvalue weighted by molar-refractivity contribution is 7.10. The standard InChI is InChI=1S/C27H34N4O2S.C4H4O4/c1-30(2)16-24-26(32-17-20-3-4-20)8-6-23-25(29-33-27(23)24)7-5-19-9-11-31(12-10-19)15-21-13-22(14-28)34-18-21;5-3(6)1-2-4(7)8/h6,8,13,18-20H,3-5,7,9-12,15-17H2,1-2H3;1-2H,(H,5,6)(H,7,8). The number of hydrogen-bond acceptors (Lipinski definition) is 9. The van der Waals surface area contributed by atoms with Crippen LogP contribution in [-0.2, 0) is 29.1 Å². The van der Waals surface area contributed by atoms with Crippen LogP contribution >= 0.6 is 11.3 Å². The van der Waals surface area contributed by atoms with E-state index < -0.39 is 11.9 Å². The quantitative estimate of drug-likeness (QED) is 0.270. The molecule has 1 aliphatic heterocycles. The molecule has 1 saturated carbocycles. The van der Waals surface area contributed by atoms with Crippen LogP contribution in [0.1, 0.15) is 53.8 Å². The van der Waals surface area contributed by atoms with Crippen LogP contribution in [0.25, 0.3) is 11.0 Å². The van der Waals surface area contributed by atoms with E-state index in [9.17, 15) is 9.59 Å². The van der Waals surface area contributed by atoms with Crippen LogP contribution in [0.5, 0.6) is 5.75 Å². The van der Waals surface area contributed by atoms with Crippen molar-refractivity contribution in [1.29, 1.82) is 5.26 Å². The summed E-state index contributed by atoms with van der Waals surface area (Å²) in [5, 5.41) is 32.4. The number of carboxylic acid groups (broad SMARTS) is 2. The lowest BCUT2D eigenvalue weighted by Gasteiger charge is -2.31. The van der Waals surface area contributed by atoms with Gasteiger partial charge in [-0.2, -0.15) is 5.26 Å². The number of thiophene rings is 1. The monoisotopic (exact) mass is 594 g/mol. The summed E-state index contributed by atoms with van der Waals surface area (Å²) >= 11 is 1.54. The molecule has 0 spiro atoms. The molecule has 3 aromatic rings. The Balaban J connectivity index is 0.000000446. The van der Waals surface area contributed by atoms with E-state index in [0.29, 0.717) is 12.2 Å². The van der Waals surface area contributed by atoms with E-state index in [-0.39, 0.29) is 0 Å². The van der Waals surface area contributed by atoms with Gasteiger partial charge in [-0.1, -0.05) is 5.16 Å². The number of nitrogens with zero attached hydrogens (tertiary/aromatic N) is 4. The molecule has 1 aromatic carbocycles. The van der Waals surface area contributed by atoms with Crippen molar-refractivity contribution in [3.05, 3.63) is 57.4 Å². The second-order valence-corrected chi connectivity index (χ2v) is 12.2. The molecule has 11 heteroatoms. The molecule has 1 saturated heterocycles. The molecule has 0 radical (unpaired) electrons. The highest BCUT2D eigenvalue weighted by Gasteiger charge is 2.25. The number of nitriles is 1. The number of ether oxygens (including phenoxy) is 1. The van der Waals surface area contributed by atoms with Crippen molar-refractivity contribution in [3.63, 3.8) is 0 Å². The third kappa shape index (κ3) is 9.41. The lowest BCUT2D eigenvalue weighted by atomic mass is 9.91. The first-order valence-electron chi connectivity index (χ1n) is 14.2. The lowest BCUT2D eigenvalue weighted by Crippen LogP contribution is -2.33. The Hall–Kier alpha value is -3.72. The summed E-state index contributed by atoms with van der Waals surface area (Å²) < 4.78 is 12.1. The van der Waals surface area contributed by atoms with Gasteiger partial charge >= 0.3 is 11.9 Å². The smallest absolute Gasteiger partial charge is 0.328 e. The molecular weight excluding hydrogens is 556 g/mol. The number of hydrogen-bond donors (Lipinski definition) is 2. The summed E-state index contributed by atoms with van der Waals surface area (Å²) in [5.74, 6) is -0.127. The van der Waals surface area contributed by atoms with E-state index >= 15 is 0 Å². The Morgan fingerprint density at radius 2 is 1.88 bits per heavy atom. The van der Waals surface area contributed by atoms with Crippen molar-refractivity contribution in [1.82, 2.24) is 15.0 Å². The number of rotatable bonds is 12. The number of carboxylic acids is 2. The van der Waals surface area contributed by atoms with Gasteiger partial charge in [0, 0.05) is 30.6 Å². The molecule has 0 bridgehead atoms. The molecule has 3 heterocycles. The molecule has 2 aromatic heterocycles. The number of aromatic nitrogens is 1. The maximum absolute atomic E-state index is 9.55. The van der Waals surface area contributed by atoms with Crippen molar-refractivity contribution in [2.75, 3.05) is 33.8 Å². The van der Waals surface area contributed by atoms with Crippen molar-refractivity contribution in [2.45, 2.75) is 51.6 Å². The van der Waals surface area contributed by atoms with Crippen LogP contribution in [-0.4, -0.2) is 70.9 Å². The molecule has 10 nitrogen and oxygen atoms in total. The number of benzene rings is 1. The zero-order chi connectivity index (χ0) is 30.1. The van der Waals surface area contributed by atoms with Gasteiger partial charge in [-0.05, 0) is 107 Å². The van der Waals surface area contributed by atoms with Gasteiger partial charge in [0.15, 0.2) is 5.58 Å². The van der Waals surface area contributed by atoms with E-state index in [1.54, 1.807) is 11.3 Å². The summed E-state index contributed by atoms with van der Waals surface area (Å²) in [6.45, 7) is 4.79. The highest BCUT2D eigenvalue weighted by atomic mass is 32.1. The minimum Gasteiger partial charge on any atom is -0.493 e. The molecular formula is C31H38N4O6S. The van der Waals surface area contributed by atoms with E-state index in [1.165, 1.54) is 31.2 Å². The Labute approximate surface area is 249 Å². The number of carbonyl (C=O) groups is 2. The Morgan fingerprint density at radius 3 is 2.48 bits per heavy atom. The van der Waals surface area contributed by atoms with Gasteiger partial charge in [-0.15, -0.1) is 11.3 Å². The van der Waals surface area contributed by atoms with Gasteiger partial charge in [0.05, 0.1) is 17.9 Å².